The molecule has 0 atom stereocenters. The van der Waals surface area contributed by atoms with Crippen molar-refractivity contribution in [3.8, 4) is 34.3 Å². The number of fused-ring (bicyclic) bond motifs is 1. The zero-order chi connectivity index (χ0) is 24.0. The largest absolute Gasteiger partial charge is 0.494 e. The number of pyridine rings is 1. The van der Waals surface area contributed by atoms with Gasteiger partial charge in [-0.1, -0.05) is 11.8 Å². The van der Waals surface area contributed by atoms with E-state index < -0.39 is 0 Å². The van der Waals surface area contributed by atoms with Gasteiger partial charge in [0.05, 0.1) is 12.4 Å². The van der Waals surface area contributed by atoms with E-state index in [9.17, 15) is 4.79 Å². The van der Waals surface area contributed by atoms with Crippen molar-refractivity contribution in [1.29, 1.82) is 0 Å². The summed E-state index contributed by atoms with van der Waals surface area (Å²) in [5, 5.41) is 12.2. The highest BCUT2D eigenvalue weighted by molar-refractivity contribution is 7.99. The smallest absolute Gasteiger partial charge is 0.234 e. The van der Waals surface area contributed by atoms with Crippen molar-refractivity contribution in [3.05, 3.63) is 67.0 Å². The van der Waals surface area contributed by atoms with E-state index in [-0.39, 0.29) is 11.7 Å². The fourth-order valence-electron chi connectivity index (χ4n) is 3.58. The zero-order valence-corrected chi connectivity index (χ0v) is 19.8. The summed E-state index contributed by atoms with van der Waals surface area (Å²) in [6, 6.07) is 16.8. The highest BCUT2D eigenvalue weighted by Crippen LogP contribution is 2.33. The van der Waals surface area contributed by atoms with Crippen LogP contribution in [0.2, 0.25) is 0 Å². The summed E-state index contributed by atoms with van der Waals surface area (Å²) >= 11 is 1.30. The van der Waals surface area contributed by atoms with Gasteiger partial charge in [-0.3, -0.25) is 14.3 Å². The predicted octanol–water partition coefficient (Wildman–Crippen LogP) is 4.23. The summed E-state index contributed by atoms with van der Waals surface area (Å²) in [5.41, 5.74) is 2.32. The summed E-state index contributed by atoms with van der Waals surface area (Å²) < 4.78 is 18.6. The fourth-order valence-corrected chi connectivity index (χ4v) is 4.34. The molecule has 1 aliphatic heterocycles. The van der Waals surface area contributed by atoms with Crippen molar-refractivity contribution in [1.82, 2.24) is 19.7 Å². The molecule has 9 nitrogen and oxygen atoms in total. The summed E-state index contributed by atoms with van der Waals surface area (Å²) in [4.78, 5) is 16.9. The Morgan fingerprint density at radius 3 is 2.69 bits per heavy atom. The minimum absolute atomic E-state index is 0.149. The van der Waals surface area contributed by atoms with Gasteiger partial charge in [0, 0.05) is 35.4 Å². The third kappa shape index (κ3) is 5.22. The molecule has 0 saturated heterocycles. The average Bonchev–Trinajstić information content (AvgIpc) is 3.32. The van der Waals surface area contributed by atoms with Crippen LogP contribution in [0.5, 0.6) is 17.2 Å². The second-order valence-electron chi connectivity index (χ2n) is 7.51. The van der Waals surface area contributed by atoms with E-state index in [1.165, 1.54) is 11.8 Å². The molecule has 2 aromatic carbocycles. The molecule has 2 aromatic heterocycles. The molecule has 4 aromatic rings. The fraction of sp³-hybridized carbons (Fsp3) is 0.200. The van der Waals surface area contributed by atoms with Gasteiger partial charge in [-0.15, -0.1) is 10.2 Å². The van der Waals surface area contributed by atoms with Gasteiger partial charge in [-0.05, 0) is 55.5 Å². The van der Waals surface area contributed by atoms with E-state index in [0.29, 0.717) is 48.0 Å². The molecule has 0 aliphatic carbocycles. The van der Waals surface area contributed by atoms with Crippen LogP contribution in [0.1, 0.15) is 6.92 Å². The second kappa shape index (κ2) is 10.5. The number of amides is 1. The summed E-state index contributed by atoms with van der Waals surface area (Å²) in [6.07, 6.45) is 3.44. The number of anilines is 1. The van der Waals surface area contributed by atoms with E-state index >= 15 is 0 Å². The molecule has 0 spiro atoms. The van der Waals surface area contributed by atoms with Crippen LogP contribution < -0.4 is 19.5 Å². The second-order valence-corrected chi connectivity index (χ2v) is 8.45. The molecule has 0 saturated carbocycles. The minimum atomic E-state index is -0.171. The molecule has 10 heteroatoms. The SMILES string of the molecule is CCOc1ccc(-n2c(SCC(=O)Nc3ccc4c(c3)OCCO4)nnc2-c2cccnc2)cc1. The van der Waals surface area contributed by atoms with Crippen LogP contribution in [-0.4, -0.2) is 51.2 Å². The van der Waals surface area contributed by atoms with Crippen LogP contribution in [0.15, 0.2) is 72.1 Å². The quantitative estimate of drug-likeness (QED) is 0.367. The lowest BCUT2D eigenvalue weighted by molar-refractivity contribution is -0.113. The Bertz CT molecular complexity index is 1310. The van der Waals surface area contributed by atoms with Crippen molar-refractivity contribution < 1.29 is 19.0 Å². The summed E-state index contributed by atoms with van der Waals surface area (Å²) in [7, 11) is 0. The number of nitrogens with zero attached hydrogens (tertiary/aromatic N) is 4. The van der Waals surface area contributed by atoms with E-state index in [4.69, 9.17) is 14.2 Å². The van der Waals surface area contributed by atoms with Gasteiger partial charge in [0.25, 0.3) is 0 Å². The molecule has 178 valence electrons. The van der Waals surface area contributed by atoms with Crippen LogP contribution in [-0.2, 0) is 4.79 Å². The predicted molar refractivity (Wildman–Crippen MR) is 133 cm³/mol. The lowest BCUT2D eigenvalue weighted by Crippen LogP contribution is -2.17. The maximum Gasteiger partial charge on any atom is 0.234 e. The van der Waals surface area contributed by atoms with Crippen LogP contribution in [0.4, 0.5) is 5.69 Å². The summed E-state index contributed by atoms with van der Waals surface area (Å²) in [6.45, 7) is 3.54. The first-order chi connectivity index (χ1) is 17.2. The van der Waals surface area contributed by atoms with Crippen molar-refractivity contribution >= 4 is 23.4 Å². The van der Waals surface area contributed by atoms with Gasteiger partial charge < -0.3 is 19.5 Å². The number of thioether (sulfide) groups is 1. The number of ether oxygens (including phenoxy) is 3. The van der Waals surface area contributed by atoms with Crippen LogP contribution in [0.3, 0.4) is 0 Å². The first kappa shape index (κ1) is 22.7. The lowest BCUT2D eigenvalue weighted by atomic mass is 10.2. The molecule has 1 aliphatic rings. The molecule has 5 rings (SSSR count). The van der Waals surface area contributed by atoms with Crippen LogP contribution >= 0.6 is 11.8 Å². The Kier molecular flexibility index (Phi) is 6.80. The van der Waals surface area contributed by atoms with E-state index in [0.717, 1.165) is 17.0 Å². The van der Waals surface area contributed by atoms with E-state index in [1.54, 1.807) is 30.6 Å². The van der Waals surface area contributed by atoms with Gasteiger partial charge in [-0.2, -0.15) is 0 Å². The zero-order valence-electron chi connectivity index (χ0n) is 19.0. The monoisotopic (exact) mass is 489 g/mol. The molecule has 35 heavy (non-hydrogen) atoms. The maximum atomic E-state index is 12.7. The third-order valence-corrected chi connectivity index (χ3v) is 6.05. The maximum absolute atomic E-state index is 12.7. The Balaban J connectivity index is 1.35. The van der Waals surface area contributed by atoms with Gasteiger partial charge in [0.2, 0.25) is 5.91 Å². The molecular weight excluding hydrogens is 466 g/mol. The van der Waals surface area contributed by atoms with E-state index in [1.807, 2.05) is 47.9 Å². The van der Waals surface area contributed by atoms with Gasteiger partial charge in [0.1, 0.15) is 19.0 Å². The number of carbonyl (C=O) groups excluding carboxylic acids is 1. The Hall–Kier alpha value is -4.05. The molecule has 1 N–H and O–H groups in total. The van der Waals surface area contributed by atoms with Crippen LogP contribution in [0, 0.1) is 0 Å². The van der Waals surface area contributed by atoms with Gasteiger partial charge in [0.15, 0.2) is 22.5 Å². The topological polar surface area (TPSA) is 100 Å². The number of aromatic nitrogens is 4. The normalized spacial score (nSPS) is 12.3. The summed E-state index contributed by atoms with van der Waals surface area (Å²) in [5.74, 6) is 2.69. The number of nitrogens with one attached hydrogen (secondary N) is 1. The first-order valence-corrected chi connectivity index (χ1v) is 12.1. The van der Waals surface area contributed by atoms with E-state index in [2.05, 4.69) is 20.5 Å². The number of carbonyl (C=O) groups is 1. The molecule has 3 heterocycles. The van der Waals surface area contributed by atoms with Crippen molar-refractivity contribution in [2.75, 3.05) is 30.9 Å². The lowest BCUT2D eigenvalue weighted by Gasteiger charge is -2.19. The standard InChI is InChI=1S/C25H23N5O4S/c1-2-32-20-8-6-19(7-9-20)30-24(17-4-3-11-26-15-17)28-29-25(30)35-16-23(31)27-18-5-10-21-22(14-18)34-13-12-33-21/h3-11,14-15H,2,12-13,16H2,1H3,(H,27,31). The number of hydrogen-bond donors (Lipinski definition) is 1. The van der Waals surface area contributed by atoms with Crippen molar-refractivity contribution in [2.45, 2.75) is 12.1 Å². The minimum Gasteiger partial charge on any atom is -0.494 e. The van der Waals surface area contributed by atoms with Gasteiger partial charge in [-0.25, -0.2) is 0 Å². The number of benzene rings is 2. The molecular formula is C25H23N5O4S. The van der Waals surface area contributed by atoms with Crippen molar-refractivity contribution in [3.63, 3.8) is 0 Å². The highest BCUT2D eigenvalue weighted by Gasteiger charge is 2.18. The Labute approximate surface area is 206 Å². The molecule has 0 radical (unpaired) electrons. The Morgan fingerprint density at radius 2 is 1.91 bits per heavy atom. The van der Waals surface area contributed by atoms with Gasteiger partial charge >= 0.3 is 0 Å². The molecule has 1 amide bonds. The highest BCUT2D eigenvalue weighted by atomic mass is 32.2. The Morgan fingerprint density at radius 1 is 1.09 bits per heavy atom. The average molecular weight is 490 g/mol. The van der Waals surface area contributed by atoms with Crippen molar-refractivity contribution in [2.24, 2.45) is 0 Å². The first-order valence-electron chi connectivity index (χ1n) is 11.1. The van der Waals surface area contributed by atoms with Crippen LogP contribution in [0.25, 0.3) is 17.1 Å². The molecule has 0 bridgehead atoms. The third-order valence-electron chi connectivity index (χ3n) is 5.12. The molecule has 0 fully saturated rings. The number of rotatable bonds is 8. The molecule has 0 unspecified atom stereocenters. The number of hydrogen-bond acceptors (Lipinski definition) is 8.